The van der Waals surface area contributed by atoms with Crippen LogP contribution in [0.1, 0.15) is 36.4 Å². The highest BCUT2D eigenvalue weighted by molar-refractivity contribution is 7.89. The van der Waals surface area contributed by atoms with E-state index in [0.717, 1.165) is 30.8 Å². The van der Waals surface area contributed by atoms with Crippen molar-refractivity contribution in [3.8, 4) is 0 Å². The minimum atomic E-state index is -3.65. The summed E-state index contributed by atoms with van der Waals surface area (Å²) in [6.45, 7) is 10.4. The zero-order valence-electron chi connectivity index (χ0n) is 14.7. The van der Waals surface area contributed by atoms with Crippen LogP contribution >= 0.6 is 0 Å². The first-order valence-electron chi connectivity index (χ1n) is 8.10. The van der Waals surface area contributed by atoms with Gasteiger partial charge < -0.3 is 4.52 Å². The van der Waals surface area contributed by atoms with Crippen LogP contribution < -0.4 is 4.72 Å². The third kappa shape index (κ3) is 4.23. The molecule has 0 spiro atoms. The topological polar surface area (TPSA) is 75.4 Å². The van der Waals surface area contributed by atoms with Crippen LogP contribution in [0.5, 0.6) is 0 Å². The molecule has 0 amide bonds. The van der Waals surface area contributed by atoms with Gasteiger partial charge in [0.05, 0.1) is 0 Å². The molecule has 2 aromatic rings. The summed E-state index contributed by atoms with van der Waals surface area (Å²) in [6.07, 6.45) is 0. The Hall–Kier alpha value is -1.70. The third-order valence-corrected chi connectivity index (χ3v) is 5.74. The zero-order chi connectivity index (χ0) is 17.7. The molecule has 0 radical (unpaired) electrons. The Morgan fingerprint density at radius 2 is 1.75 bits per heavy atom. The van der Waals surface area contributed by atoms with E-state index in [1.54, 1.807) is 13.8 Å². The molecular formula is C17H25N3O3S. The van der Waals surface area contributed by atoms with Gasteiger partial charge >= 0.3 is 0 Å². The Morgan fingerprint density at radius 3 is 2.29 bits per heavy atom. The van der Waals surface area contributed by atoms with Crippen molar-refractivity contribution in [2.45, 2.75) is 45.7 Å². The monoisotopic (exact) mass is 351 g/mol. The molecule has 1 N–H and O–H groups in total. The number of rotatable bonds is 8. The first-order valence-corrected chi connectivity index (χ1v) is 9.59. The van der Waals surface area contributed by atoms with Crippen molar-refractivity contribution in [1.82, 2.24) is 14.8 Å². The average Bonchev–Trinajstić information content (AvgIpc) is 2.91. The van der Waals surface area contributed by atoms with Crippen LogP contribution in [0.4, 0.5) is 0 Å². The number of aromatic nitrogens is 1. The molecule has 24 heavy (non-hydrogen) atoms. The van der Waals surface area contributed by atoms with Gasteiger partial charge in [0.15, 0.2) is 5.76 Å². The number of sulfonamides is 1. The van der Waals surface area contributed by atoms with Crippen LogP contribution in [0.3, 0.4) is 0 Å². The molecule has 0 aliphatic carbocycles. The number of nitrogens with zero attached hydrogens (tertiary/aromatic N) is 2. The molecule has 1 heterocycles. The lowest BCUT2D eigenvalue weighted by Crippen LogP contribution is -2.26. The van der Waals surface area contributed by atoms with Gasteiger partial charge in [-0.1, -0.05) is 43.3 Å². The van der Waals surface area contributed by atoms with Crippen LogP contribution in [-0.2, 0) is 23.1 Å². The van der Waals surface area contributed by atoms with Crippen LogP contribution in [0.2, 0.25) is 0 Å². The van der Waals surface area contributed by atoms with Crippen molar-refractivity contribution < 1.29 is 12.9 Å². The van der Waals surface area contributed by atoms with Gasteiger partial charge in [0.1, 0.15) is 10.6 Å². The molecule has 0 atom stereocenters. The maximum Gasteiger partial charge on any atom is 0.246 e. The Morgan fingerprint density at radius 1 is 1.12 bits per heavy atom. The summed E-state index contributed by atoms with van der Waals surface area (Å²) in [6, 6.07) is 7.89. The summed E-state index contributed by atoms with van der Waals surface area (Å²) in [5, 5.41) is 3.72. The summed E-state index contributed by atoms with van der Waals surface area (Å²) in [5.74, 6) is 0.302. The Balaban J connectivity index is 2.18. The van der Waals surface area contributed by atoms with Crippen LogP contribution in [0.25, 0.3) is 0 Å². The van der Waals surface area contributed by atoms with E-state index in [-0.39, 0.29) is 11.4 Å². The highest BCUT2D eigenvalue weighted by atomic mass is 32.2. The second-order valence-electron chi connectivity index (χ2n) is 5.71. The first-order chi connectivity index (χ1) is 11.4. The van der Waals surface area contributed by atoms with Gasteiger partial charge in [-0.3, -0.25) is 4.90 Å². The number of nitrogens with one attached hydrogen (secondary N) is 1. The maximum atomic E-state index is 12.5. The van der Waals surface area contributed by atoms with Crippen molar-refractivity contribution in [2.24, 2.45) is 0 Å². The highest BCUT2D eigenvalue weighted by Crippen LogP contribution is 2.19. The molecule has 0 fully saturated rings. The molecule has 0 aliphatic rings. The Kier molecular flexibility index (Phi) is 6.15. The number of hydrogen-bond acceptors (Lipinski definition) is 5. The van der Waals surface area contributed by atoms with Crippen LogP contribution in [0.15, 0.2) is 33.7 Å². The van der Waals surface area contributed by atoms with E-state index in [1.165, 1.54) is 0 Å². The lowest BCUT2D eigenvalue weighted by atomic mass is 10.1. The summed E-state index contributed by atoms with van der Waals surface area (Å²) in [4.78, 5) is 2.42. The lowest BCUT2D eigenvalue weighted by molar-refractivity contribution is 0.295. The maximum absolute atomic E-state index is 12.5. The second kappa shape index (κ2) is 7.92. The molecule has 0 aliphatic heterocycles. The molecule has 6 nitrogen and oxygen atoms in total. The van der Waals surface area contributed by atoms with Crippen molar-refractivity contribution >= 4 is 10.0 Å². The second-order valence-corrected chi connectivity index (χ2v) is 7.41. The van der Waals surface area contributed by atoms with Crippen molar-refractivity contribution in [3.05, 3.63) is 46.8 Å². The summed E-state index contributed by atoms with van der Waals surface area (Å²) >= 11 is 0. The zero-order valence-corrected chi connectivity index (χ0v) is 15.5. The van der Waals surface area contributed by atoms with Gasteiger partial charge in [0, 0.05) is 13.1 Å². The largest absolute Gasteiger partial charge is 0.360 e. The van der Waals surface area contributed by atoms with E-state index in [1.807, 2.05) is 24.3 Å². The highest BCUT2D eigenvalue weighted by Gasteiger charge is 2.24. The fourth-order valence-corrected chi connectivity index (χ4v) is 4.01. The van der Waals surface area contributed by atoms with Gasteiger partial charge in [-0.25, -0.2) is 13.1 Å². The van der Waals surface area contributed by atoms with Gasteiger partial charge in [-0.15, -0.1) is 0 Å². The van der Waals surface area contributed by atoms with E-state index >= 15 is 0 Å². The van der Waals surface area contributed by atoms with Crippen LogP contribution in [0, 0.1) is 13.8 Å². The molecule has 1 aromatic carbocycles. The van der Waals surface area contributed by atoms with Crippen molar-refractivity contribution in [2.75, 3.05) is 13.1 Å². The lowest BCUT2D eigenvalue weighted by Gasteiger charge is -2.20. The quantitative estimate of drug-likeness (QED) is 0.791. The summed E-state index contributed by atoms with van der Waals surface area (Å²) in [5.41, 5.74) is 2.47. The molecule has 0 unspecified atom stereocenters. The summed E-state index contributed by atoms with van der Waals surface area (Å²) < 4.78 is 32.7. The van der Waals surface area contributed by atoms with Gasteiger partial charge in [-0.2, -0.15) is 0 Å². The van der Waals surface area contributed by atoms with Gasteiger partial charge in [0.2, 0.25) is 10.0 Å². The molecule has 1 aromatic heterocycles. The standard InChI is InChI=1S/C17H25N3O3S/c1-5-20(6-2)12-16-10-8-7-9-15(16)11-18-24(21,22)17-13(3)19-23-14(17)4/h7-10,18H,5-6,11-12H2,1-4H3. The molecule has 132 valence electrons. The molecule has 2 rings (SSSR count). The number of hydrogen-bond donors (Lipinski definition) is 1. The van der Waals surface area contributed by atoms with E-state index in [2.05, 4.69) is 28.6 Å². The molecule has 0 bridgehead atoms. The Bertz CT molecular complexity index is 761. The fourth-order valence-electron chi connectivity index (χ4n) is 2.68. The number of benzene rings is 1. The predicted octanol–water partition coefficient (Wildman–Crippen LogP) is 2.61. The Labute approximate surface area is 143 Å². The first kappa shape index (κ1) is 18.6. The van der Waals surface area contributed by atoms with Gasteiger partial charge in [0.25, 0.3) is 0 Å². The molecular weight excluding hydrogens is 326 g/mol. The van der Waals surface area contributed by atoms with Gasteiger partial charge in [-0.05, 0) is 38.1 Å². The molecule has 0 saturated heterocycles. The summed E-state index contributed by atoms with van der Waals surface area (Å²) in [7, 11) is -3.65. The van der Waals surface area contributed by atoms with E-state index in [4.69, 9.17) is 4.52 Å². The number of aryl methyl sites for hydroxylation is 2. The smallest absolute Gasteiger partial charge is 0.246 e. The van der Waals surface area contributed by atoms with E-state index in [9.17, 15) is 8.42 Å². The normalized spacial score (nSPS) is 12.0. The molecule has 0 saturated carbocycles. The van der Waals surface area contributed by atoms with Crippen LogP contribution in [-0.4, -0.2) is 31.6 Å². The predicted molar refractivity (Wildman–Crippen MR) is 93.1 cm³/mol. The molecule has 7 heteroatoms. The average molecular weight is 351 g/mol. The third-order valence-electron chi connectivity index (χ3n) is 4.10. The van der Waals surface area contributed by atoms with Crippen molar-refractivity contribution in [1.29, 1.82) is 0 Å². The fraction of sp³-hybridized carbons (Fsp3) is 0.471. The van der Waals surface area contributed by atoms with Crippen molar-refractivity contribution in [3.63, 3.8) is 0 Å². The van der Waals surface area contributed by atoms with E-state index < -0.39 is 10.0 Å². The SMILES string of the molecule is CCN(CC)Cc1ccccc1CNS(=O)(=O)c1c(C)noc1C. The minimum absolute atomic E-state index is 0.128. The van der Waals surface area contributed by atoms with E-state index in [0.29, 0.717) is 11.5 Å². The minimum Gasteiger partial charge on any atom is -0.360 e.